The summed E-state index contributed by atoms with van der Waals surface area (Å²) in [5.74, 6) is -0.849. The van der Waals surface area contributed by atoms with Gasteiger partial charge in [-0.15, -0.1) is 0 Å². The van der Waals surface area contributed by atoms with E-state index < -0.39 is 5.91 Å². The summed E-state index contributed by atoms with van der Waals surface area (Å²) in [4.78, 5) is 24.2. The van der Waals surface area contributed by atoms with Gasteiger partial charge < -0.3 is 5.32 Å². The molecule has 0 aromatic heterocycles. The molecule has 146 valence electrons. The molecule has 0 atom stereocenters. The van der Waals surface area contributed by atoms with Crippen LogP contribution in [0.15, 0.2) is 84.9 Å². The summed E-state index contributed by atoms with van der Waals surface area (Å²) >= 11 is 0. The SMILES string of the molecule is O=C(/C=C/c1ccccc1NC(=O)c1ccccc1CCc1ccccc1)NO. The van der Waals surface area contributed by atoms with Crippen LogP contribution in [0, 0.1) is 0 Å². The molecule has 2 amide bonds. The van der Waals surface area contributed by atoms with Gasteiger partial charge in [-0.3, -0.25) is 14.8 Å². The average molecular weight is 386 g/mol. The van der Waals surface area contributed by atoms with E-state index in [9.17, 15) is 9.59 Å². The van der Waals surface area contributed by atoms with Gasteiger partial charge in [0, 0.05) is 17.3 Å². The Morgan fingerprint density at radius 1 is 0.828 bits per heavy atom. The third-order valence-corrected chi connectivity index (χ3v) is 4.52. The van der Waals surface area contributed by atoms with Crippen molar-refractivity contribution in [3.8, 4) is 0 Å². The van der Waals surface area contributed by atoms with Gasteiger partial charge in [0.25, 0.3) is 11.8 Å². The highest BCUT2D eigenvalue weighted by molar-refractivity contribution is 6.06. The van der Waals surface area contributed by atoms with E-state index in [2.05, 4.69) is 17.4 Å². The first kappa shape index (κ1) is 20.0. The number of amides is 2. The standard InChI is InChI=1S/C24H22N2O3/c27-23(26-29)17-16-20-11-5-7-13-22(20)25-24(28)21-12-6-4-10-19(21)15-14-18-8-2-1-3-9-18/h1-13,16-17,29H,14-15H2,(H,25,28)(H,26,27)/b17-16+. The lowest BCUT2D eigenvalue weighted by Gasteiger charge is -2.12. The normalized spacial score (nSPS) is 10.7. The Bertz CT molecular complexity index is 1010. The zero-order valence-corrected chi connectivity index (χ0v) is 15.8. The van der Waals surface area contributed by atoms with Crippen LogP contribution in [0.3, 0.4) is 0 Å². The summed E-state index contributed by atoms with van der Waals surface area (Å²) in [5, 5.41) is 11.5. The largest absolute Gasteiger partial charge is 0.321 e. The molecule has 3 aromatic carbocycles. The molecule has 0 spiro atoms. The van der Waals surface area contributed by atoms with E-state index in [1.54, 1.807) is 29.7 Å². The molecule has 5 nitrogen and oxygen atoms in total. The maximum Gasteiger partial charge on any atom is 0.267 e. The van der Waals surface area contributed by atoms with Crippen molar-refractivity contribution < 1.29 is 14.8 Å². The summed E-state index contributed by atoms with van der Waals surface area (Å²) in [6, 6.07) is 24.9. The second kappa shape index (κ2) is 10.0. The smallest absolute Gasteiger partial charge is 0.267 e. The first-order valence-electron chi connectivity index (χ1n) is 9.32. The second-order valence-corrected chi connectivity index (χ2v) is 6.49. The Kier molecular flexibility index (Phi) is 6.92. The van der Waals surface area contributed by atoms with Crippen LogP contribution >= 0.6 is 0 Å². The summed E-state index contributed by atoms with van der Waals surface area (Å²) in [7, 11) is 0. The van der Waals surface area contributed by atoms with E-state index in [-0.39, 0.29) is 5.91 Å². The van der Waals surface area contributed by atoms with Crippen LogP contribution in [0.25, 0.3) is 6.08 Å². The molecule has 0 aliphatic rings. The molecular weight excluding hydrogens is 364 g/mol. The van der Waals surface area contributed by atoms with Gasteiger partial charge in [-0.05, 0) is 47.7 Å². The first-order chi connectivity index (χ1) is 14.2. The number of hydrogen-bond acceptors (Lipinski definition) is 3. The van der Waals surface area contributed by atoms with Crippen LogP contribution in [0.2, 0.25) is 0 Å². The van der Waals surface area contributed by atoms with Crippen LogP contribution in [0.5, 0.6) is 0 Å². The third-order valence-electron chi connectivity index (χ3n) is 4.52. The minimum absolute atomic E-state index is 0.207. The lowest BCUT2D eigenvalue weighted by Crippen LogP contribution is -2.16. The molecule has 0 unspecified atom stereocenters. The lowest BCUT2D eigenvalue weighted by molar-refractivity contribution is -0.124. The molecule has 3 N–H and O–H groups in total. The first-order valence-corrected chi connectivity index (χ1v) is 9.32. The lowest BCUT2D eigenvalue weighted by atomic mass is 9.99. The zero-order chi connectivity index (χ0) is 20.5. The number of anilines is 1. The van der Waals surface area contributed by atoms with E-state index in [4.69, 9.17) is 5.21 Å². The van der Waals surface area contributed by atoms with Crippen molar-refractivity contribution in [2.24, 2.45) is 0 Å². The molecule has 0 bridgehead atoms. The monoisotopic (exact) mass is 386 g/mol. The van der Waals surface area contributed by atoms with Crippen LogP contribution in [-0.2, 0) is 17.6 Å². The quantitative estimate of drug-likeness (QED) is 0.323. The van der Waals surface area contributed by atoms with Gasteiger partial charge in [-0.25, -0.2) is 5.48 Å². The maximum absolute atomic E-state index is 12.9. The van der Waals surface area contributed by atoms with E-state index in [0.717, 1.165) is 18.4 Å². The minimum Gasteiger partial charge on any atom is -0.321 e. The molecular formula is C24H22N2O3. The highest BCUT2D eigenvalue weighted by Crippen LogP contribution is 2.20. The fraction of sp³-hybridized carbons (Fsp3) is 0.0833. The van der Waals surface area contributed by atoms with E-state index >= 15 is 0 Å². The van der Waals surface area contributed by atoms with Crippen molar-refractivity contribution in [3.63, 3.8) is 0 Å². The molecule has 0 saturated carbocycles. The topological polar surface area (TPSA) is 78.4 Å². The van der Waals surface area contributed by atoms with E-state index in [1.807, 2.05) is 42.5 Å². The molecule has 0 aliphatic heterocycles. The molecule has 0 aliphatic carbocycles. The number of aryl methyl sites for hydroxylation is 2. The number of rotatable bonds is 7. The van der Waals surface area contributed by atoms with Crippen molar-refractivity contribution >= 4 is 23.6 Å². The number of carbonyl (C=O) groups is 2. The molecule has 0 radical (unpaired) electrons. The van der Waals surface area contributed by atoms with Gasteiger partial charge in [-0.2, -0.15) is 0 Å². The Hall–Kier alpha value is -3.70. The second-order valence-electron chi connectivity index (χ2n) is 6.49. The van der Waals surface area contributed by atoms with Crippen LogP contribution in [0.1, 0.15) is 27.0 Å². The fourth-order valence-corrected chi connectivity index (χ4v) is 3.03. The Morgan fingerprint density at radius 3 is 2.31 bits per heavy atom. The Balaban J connectivity index is 1.77. The number of hydrogen-bond donors (Lipinski definition) is 3. The van der Waals surface area contributed by atoms with Gasteiger partial charge in [0.05, 0.1) is 0 Å². The Morgan fingerprint density at radius 2 is 1.52 bits per heavy atom. The van der Waals surface area contributed by atoms with E-state index in [0.29, 0.717) is 16.8 Å². The average Bonchev–Trinajstić information content (AvgIpc) is 2.77. The number of para-hydroxylation sites is 1. The number of hydroxylamine groups is 1. The molecule has 5 heteroatoms. The van der Waals surface area contributed by atoms with Gasteiger partial charge in [-0.1, -0.05) is 66.7 Å². The van der Waals surface area contributed by atoms with Gasteiger partial charge in [0.1, 0.15) is 0 Å². The molecule has 0 saturated heterocycles. The zero-order valence-electron chi connectivity index (χ0n) is 15.8. The Labute approximate surface area is 169 Å². The van der Waals surface area contributed by atoms with Crippen molar-refractivity contribution in [1.29, 1.82) is 0 Å². The summed E-state index contributed by atoms with van der Waals surface area (Å²) in [6.45, 7) is 0. The fourth-order valence-electron chi connectivity index (χ4n) is 3.03. The number of nitrogens with one attached hydrogen (secondary N) is 2. The van der Waals surface area contributed by atoms with Gasteiger partial charge >= 0.3 is 0 Å². The van der Waals surface area contributed by atoms with Crippen molar-refractivity contribution in [3.05, 3.63) is 107 Å². The predicted molar refractivity (Wildman–Crippen MR) is 114 cm³/mol. The van der Waals surface area contributed by atoms with Gasteiger partial charge in [0.2, 0.25) is 0 Å². The number of carbonyl (C=O) groups excluding carboxylic acids is 2. The molecule has 0 fully saturated rings. The predicted octanol–water partition coefficient (Wildman–Crippen LogP) is 4.24. The van der Waals surface area contributed by atoms with Crippen molar-refractivity contribution in [1.82, 2.24) is 5.48 Å². The molecule has 3 aromatic rings. The van der Waals surface area contributed by atoms with Crippen molar-refractivity contribution in [2.75, 3.05) is 5.32 Å². The maximum atomic E-state index is 12.9. The summed E-state index contributed by atoms with van der Waals surface area (Å²) in [5.41, 5.74) is 5.60. The number of benzene rings is 3. The van der Waals surface area contributed by atoms with Gasteiger partial charge in [0.15, 0.2) is 0 Å². The summed E-state index contributed by atoms with van der Waals surface area (Å²) < 4.78 is 0. The molecule has 3 rings (SSSR count). The summed E-state index contributed by atoms with van der Waals surface area (Å²) in [6.07, 6.45) is 4.33. The van der Waals surface area contributed by atoms with Crippen LogP contribution in [-0.4, -0.2) is 17.0 Å². The van der Waals surface area contributed by atoms with E-state index in [1.165, 1.54) is 17.7 Å². The third kappa shape index (κ3) is 5.64. The minimum atomic E-state index is -0.641. The highest BCUT2D eigenvalue weighted by atomic mass is 16.5. The van der Waals surface area contributed by atoms with Crippen molar-refractivity contribution in [2.45, 2.75) is 12.8 Å². The van der Waals surface area contributed by atoms with Crippen LogP contribution < -0.4 is 10.8 Å². The van der Waals surface area contributed by atoms with Crippen LogP contribution in [0.4, 0.5) is 5.69 Å². The molecule has 0 heterocycles. The highest BCUT2D eigenvalue weighted by Gasteiger charge is 2.12. The molecule has 29 heavy (non-hydrogen) atoms.